The Balaban J connectivity index is 2.34. The summed E-state index contributed by atoms with van der Waals surface area (Å²) < 4.78 is 5.69. The minimum absolute atomic E-state index is 0.352. The number of methoxy groups -OCH3 is 1. The molecule has 2 aromatic carbocycles. The fourth-order valence-corrected chi connectivity index (χ4v) is 2.17. The van der Waals surface area contributed by atoms with Crippen molar-refractivity contribution < 1.29 is 9.53 Å². The molecule has 2 rings (SSSR count). The Morgan fingerprint density at radius 3 is 2.70 bits per heavy atom. The Morgan fingerprint density at radius 1 is 1.25 bits per heavy atom. The lowest BCUT2D eigenvalue weighted by Crippen LogP contribution is -2.06. The lowest BCUT2D eigenvalue weighted by molar-refractivity contribution is 0.0602. The Labute approximate surface area is 126 Å². The van der Waals surface area contributed by atoms with E-state index in [4.69, 9.17) is 10.5 Å². The van der Waals surface area contributed by atoms with Crippen LogP contribution in [0, 0.1) is 6.92 Å². The highest BCUT2D eigenvalue weighted by Gasteiger charge is 2.11. The number of carbonyl (C=O) groups excluding carboxylic acids is 1. The van der Waals surface area contributed by atoms with Crippen molar-refractivity contribution in [1.29, 1.82) is 0 Å². The van der Waals surface area contributed by atoms with Crippen molar-refractivity contribution in [2.75, 3.05) is 18.2 Å². The van der Waals surface area contributed by atoms with Crippen molar-refractivity contribution in [3.05, 3.63) is 52.0 Å². The number of nitrogens with one attached hydrogen (secondary N) is 1. The quantitative estimate of drug-likeness (QED) is 0.660. The van der Waals surface area contributed by atoms with Gasteiger partial charge in [-0.2, -0.15) is 0 Å². The van der Waals surface area contributed by atoms with Gasteiger partial charge in [-0.1, -0.05) is 22.0 Å². The number of anilines is 3. The van der Waals surface area contributed by atoms with Crippen molar-refractivity contribution in [2.24, 2.45) is 0 Å². The molecule has 0 spiro atoms. The summed E-state index contributed by atoms with van der Waals surface area (Å²) in [7, 11) is 1.33. The number of nitrogens with two attached hydrogens (primary N) is 1. The molecule has 0 aromatic heterocycles. The second-order valence-corrected chi connectivity index (χ2v) is 5.29. The van der Waals surface area contributed by atoms with Gasteiger partial charge in [0, 0.05) is 21.5 Å². The molecule has 2 aromatic rings. The number of rotatable bonds is 3. The van der Waals surface area contributed by atoms with Crippen molar-refractivity contribution in [1.82, 2.24) is 0 Å². The molecule has 0 heterocycles. The van der Waals surface area contributed by atoms with E-state index in [1.807, 2.05) is 31.2 Å². The third-order valence-corrected chi connectivity index (χ3v) is 3.43. The molecule has 0 bridgehead atoms. The van der Waals surface area contributed by atoms with Gasteiger partial charge in [-0.3, -0.25) is 0 Å². The standard InChI is InChI=1S/C15H15BrN2O2/c1-9-3-4-10(16)7-14(9)18-11-5-6-13(17)12(8-11)15(19)20-2/h3-8,18H,17H2,1-2H3. The van der Waals surface area contributed by atoms with E-state index in [1.54, 1.807) is 12.1 Å². The second kappa shape index (κ2) is 5.96. The van der Waals surface area contributed by atoms with Crippen LogP contribution in [0.15, 0.2) is 40.9 Å². The van der Waals surface area contributed by atoms with Gasteiger partial charge in [0.05, 0.1) is 12.7 Å². The topological polar surface area (TPSA) is 64.3 Å². The van der Waals surface area contributed by atoms with Crippen LogP contribution < -0.4 is 11.1 Å². The van der Waals surface area contributed by atoms with Gasteiger partial charge in [0.15, 0.2) is 0 Å². The number of benzene rings is 2. The number of ether oxygens (including phenoxy) is 1. The highest BCUT2D eigenvalue weighted by molar-refractivity contribution is 9.10. The molecule has 0 saturated heterocycles. The molecule has 0 saturated carbocycles. The van der Waals surface area contributed by atoms with Gasteiger partial charge in [0.1, 0.15) is 0 Å². The lowest BCUT2D eigenvalue weighted by Gasteiger charge is -2.12. The summed E-state index contributed by atoms with van der Waals surface area (Å²) in [6.45, 7) is 2.01. The summed E-state index contributed by atoms with van der Waals surface area (Å²) >= 11 is 3.44. The number of hydrogen-bond donors (Lipinski definition) is 2. The van der Waals surface area contributed by atoms with Crippen molar-refractivity contribution in [2.45, 2.75) is 6.92 Å². The molecule has 0 aliphatic rings. The fraction of sp³-hybridized carbons (Fsp3) is 0.133. The highest BCUT2D eigenvalue weighted by Crippen LogP contribution is 2.26. The zero-order valence-electron chi connectivity index (χ0n) is 11.2. The second-order valence-electron chi connectivity index (χ2n) is 4.38. The minimum Gasteiger partial charge on any atom is -0.465 e. The number of nitrogen functional groups attached to an aromatic ring is 1. The van der Waals surface area contributed by atoms with Gasteiger partial charge in [-0.15, -0.1) is 0 Å². The van der Waals surface area contributed by atoms with Crippen LogP contribution in [0.2, 0.25) is 0 Å². The lowest BCUT2D eigenvalue weighted by atomic mass is 10.1. The monoisotopic (exact) mass is 334 g/mol. The number of esters is 1. The molecule has 4 nitrogen and oxygen atoms in total. The zero-order valence-corrected chi connectivity index (χ0v) is 12.8. The van der Waals surface area contributed by atoms with E-state index in [9.17, 15) is 4.79 Å². The van der Waals surface area contributed by atoms with Crippen LogP contribution in [-0.4, -0.2) is 13.1 Å². The number of halogens is 1. The van der Waals surface area contributed by atoms with E-state index in [1.165, 1.54) is 7.11 Å². The molecule has 20 heavy (non-hydrogen) atoms. The van der Waals surface area contributed by atoms with E-state index in [0.717, 1.165) is 21.4 Å². The summed E-state index contributed by atoms with van der Waals surface area (Å²) in [5.74, 6) is -0.447. The Morgan fingerprint density at radius 2 is 2.00 bits per heavy atom. The molecule has 0 amide bonds. The maximum absolute atomic E-state index is 11.6. The van der Waals surface area contributed by atoms with E-state index in [2.05, 4.69) is 21.2 Å². The van der Waals surface area contributed by atoms with Crippen LogP contribution in [0.5, 0.6) is 0 Å². The van der Waals surface area contributed by atoms with Gasteiger partial charge in [0.25, 0.3) is 0 Å². The van der Waals surface area contributed by atoms with Crippen LogP contribution in [0.3, 0.4) is 0 Å². The predicted octanol–water partition coefficient (Wildman–Crippen LogP) is 3.87. The first-order valence-corrected chi connectivity index (χ1v) is 6.81. The predicted molar refractivity (Wildman–Crippen MR) is 84.4 cm³/mol. The van der Waals surface area contributed by atoms with Gasteiger partial charge in [-0.05, 0) is 42.8 Å². The minimum atomic E-state index is -0.447. The van der Waals surface area contributed by atoms with Crippen LogP contribution >= 0.6 is 15.9 Å². The maximum Gasteiger partial charge on any atom is 0.340 e. The van der Waals surface area contributed by atoms with Crippen molar-refractivity contribution in [3.63, 3.8) is 0 Å². The van der Waals surface area contributed by atoms with Crippen molar-refractivity contribution >= 4 is 39.0 Å². The van der Waals surface area contributed by atoms with Crippen LogP contribution in [0.1, 0.15) is 15.9 Å². The first kappa shape index (κ1) is 14.4. The number of hydrogen-bond acceptors (Lipinski definition) is 4. The van der Waals surface area contributed by atoms with Crippen LogP contribution in [0.25, 0.3) is 0 Å². The number of aryl methyl sites for hydroxylation is 1. The summed E-state index contributed by atoms with van der Waals surface area (Å²) in [5.41, 5.74) is 9.36. The summed E-state index contributed by atoms with van der Waals surface area (Å²) in [6, 6.07) is 11.1. The molecule has 0 fully saturated rings. The van der Waals surface area contributed by atoms with E-state index >= 15 is 0 Å². The molecule has 3 N–H and O–H groups in total. The molecular formula is C15H15BrN2O2. The molecule has 0 atom stereocenters. The van der Waals surface area contributed by atoms with Gasteiger partial charge in [0.2, 0.25) is 0 Å². The Hall–Kier alpha value is -2.01. The first-order chi connectivity index (χ1) is 9.51. The first-order valence-electron chi connectivity index (χ1n) is 6.02. The van der Waals surface area contributed by atoms with Crippen molar-refractivity contribution in [3.8, 4) is 0 Å². The van der Waals surface area contributed by atoms with E-state index < -0.39 is 5.97 Å². The molecular weight excluding hydrogens is 320 g/mol. The molecule has 104 valence electrons. The van der Waals surface area contributed by atoms with Gasteiger partial charge in [-0.25, -0.2) is 4.79 Å². The van der Waals surface area contributed by atoms with Gasteiger partial charge < -0.3 is 15.8 Å². The SMILES string of the molecule is COC(=O)c1cc(Nc2cc(Br)ccc2C)ccc1N. The molecule has 0 aliphatic heterocycles. The molecule has 0 aliphatic carbocycles. The number of carbonyl (C=O) groups is 1. The molecule has 5 heteroatoms. The maximum atomic E-state index is 11.6. The van der Waals surface area contributed by atoms with Gasteiger partial charge >= 0.3 is 5.97 Å². The van der Waals surface area contributed by atoms with Crippen LogP contribution in [0.4, 0.5) is 17.1 Å². The fourth-order valence-electron chi connectivity index (χ4n) is 1.81. The third kappa shape index (κ3) is 3.11. The summed E-state index contributed by atoms with van der Waals surface area (Å²) in [5, 5.41) is 3.27. The largest absolute Gasteiger partial charge is 0.465 e. The zero-order chi connectivity index (χ0) is 14.7. The Kier molecular flexibility index (Phi) is 4.29. The summed E-state index contributed by atoms with van der Waals surface area (Å²) in [6.07, 6.45) is 0. The van der Waals surface area contributed by atoms with Crippen LogP contribution in [-0.2, 0) is 4.74 Å². The average Bonchev–Trinajstić information content (AvgIpc) is 2.44. The summed E-state index contributed by atoms with van der Waals surface area (Å²) in [4.78, 5) is 11.6. The Bertz CT molecular complexity index is 656. The highest BCUT2D eigenvalue weighted by atomic mass is 79.9. The third-order valence-electron chi connectivity index (χ3n) is 2.94. The smallest absolute Gasteiger partial charge is 0.340 e. The molecule has 0 radical (unpaired) electrons. The molecule has 0 unspecified atom stereocenters. The van der Waals surface area contributed by atoms with E-state index in [0.29, 0.717) is 11.3 Å². The normalized spacial score (nSPS) is 10.2. The average molecular weight is 335 g/mol. The van der Waals surface area contributed by atoms with E-state index in [-0.39, 0.29) is 0 Å².